The van der Waals surface area contributed by atoms with E-state index in [0.717, 1.165) is 25.9 Å². The van der Waals surface area contributed by atoms with Crippen molar-refractivity contribution in [1.82, 2.24) is 10.2 Å². The van der Waals surface area contributed by atoms with Crippen LogP contribution in [0.25, 0.3) is 0 Å². The molecule has 0 saturated carbocycles. The number of carbonyl (C=O) groups is 2. The van der Waals surface area contributed by atoms with Crippen LogP contribution in [0.3, 0.4) is 0 Å². The summed E-state index contributed by atoms with van der Waals surface area (Å²) in [4.78, 5) is 26.3. The zero-order chi connectivity index (χ0) is 17.4. The predicted molar refractivity (Wildman–Crippen MR) is 94.3 cm³/mol. The number of likely N-dealkylation sites (tertiary alicyclic amines) is 1. The van der Waals surface area contributed by atoms with Crippen LogP contribution in [0.1, 0.15) is 43.0 Å². The minimum atomic E-state index is -0.286. The van der Waals surface area contributed by atoms with Gasteiger partial charge in [-0.05, 0) is 44.0 Å². The number of methoxy groups -OCH3 is 1. The molecule has 1 aromatic carbocycles. The fraction of sp³-hybridized carbons (Fsp3) is 0.556. The molecule has 132 valence electrons. The highest BCUT2D eigenvalue weighted by Gasteiger charge is 2.17. The van der Waals surface area contributed by atoms with Gasteiger partial charge in [0.05, 0.1) is 12.6 Å². The van der Waals surface area contributed by atoms with Gasteiger partial charge in [-0.2, -0.15) is 0 Å². The zero-order valence-corrected chi connectivity index (χ0v) is 14.5. The molecule has 1 aromatic rings. The van der Waals surface area contributed by atoms with E-state index in [2.05, 4.69) is 10.6 Å². The molecule has 0 spiro atoms. The molecule has 2 N–H and O–H groups in total. The van der Waals surface area contributed by atoms with Gasteiger partial charge < -0.3 is 20.3 Å². The number of urea groups is 1. The number of nitrogens with one attached hydrogen (secondary N) is 2. The van der Waals surface area contributed by atoms with Crippen LogP contribution in [-0.4, -0.2) is 49.7 Å². The molecule has 2 rings (SSSR count). The lowest BCUT2D eigenvalue weighted by Gasteiger charge is -2.20. The quantitative estimate of drug-likeness (QED) is 0.870. The van der Waals surface area contributed by atoms with Crippen molar-refractivity contribution in [3.05, 3.63) is 29.8 Å². The smallest absolute Gasteiger partial charge is 0.319 e. The molecule has 1 saturated heterocycles. The number of hydrogen-bond acceptors (Lipinski definition) is 3. The van der Waals surface area contributed by atoms with Crippen molar-refractivity contribution in [3.63, 3.8) is 0 Å². The van der Waals surface area contributed by atoms with Gasteiger partial charge in [0.1, 0.15) is 0 Å². The molecule has 1 fully saturated rings. The van der Waals surface area contributed by atoms with E-state index in [-0.39, 0.29) is 18.0 Å². The highest BCUT2D eigenvalue weighted by molar-refractivity contribution is 5.95. The molecule has 0 aromatic heterocycles. The highest BCUT2D eigenvalue weighted by atomic mass is 16.5. The summed E-state index contributed by atoms with van der Waals surface area (Å²) in [7, 11) is 1.59. The number of anilines is 1. The third-order valence-electron chi connectivity index (χ3n) is 4.08. The van der Waals surface area contributed by atoms with Crippen molar-refractivity contribution in [3.8, 4) is 0 Å². The molecule has 3 amide bonds. The van der Waals surface area contributed by atoms with Gasteiger partial charge in [-0.25, -0.2) is 4.79 Å². The normalized spacial score (nSPS) is 16.2. The summed E-state index contributed by atoms with van der Waals surface area (Å²) in [5, 5.41) is 5.53. The van der Waals surface area contributed by atoms with Crippen LogP contribution in [0.15, 0.2) is 24.3 Å². The minimum absolute atomic E-state index is 0.0705. The Hall–Kier alpha value is -2.08. The van der Waals surface area contributed by atoms with Gasteiger partial charge in [0.15, 0.2) is 0 Å². The molecular weight excluding hydrogens is 306 g/mol. The topological polar surface area (TPSA) is 70.7 Å². The standard InChI is InChI=1S/C18H27N3O3/c1-14(13-24-2)19-18(23)20-16-9-7-15(8-10-16)17(22)21-11-5-3-4-6-12-21/h7-10,14H,3-6,11-13H2,1-2H3,(H2,19,20,23). The van der Waals surface area contributed by atoms with E-state index in [4.69, 9.17) is 4.74 Å². The average Bonchev–Trinajstić information content (AvgIpc) is 2.84. The Kier molecular flexibility index (Phi) is 7.06. The summed E-state index contributed by atoms with van der Waals surface area (Å²) in [6, 6.07) is 6.69. The van der Waals surface area contributed by atoms with Crippen LogP contribution >= 0.6 is 0 Å². The summed E-state index contributed by atoms with van der Waals surface area (Å²) in [5.41, 5.74) is 1.32. The van der Waals surface area contributed by atoms with Crippen molar-refractivity contribution in [2.24, 2.45) is 0 Å². The first-order valence-corrected chi connectivity index (χ1v) is 8.56. The first kappa shape index (κ1) is 18.3. The number of hydrogen-bond donors (Lipinski definition) is 2. The maximum absolute atomic E-state index is 12.5. The Bertz CT molecular complexity index is 537. The van der Waals surface area contributed by atoms with Crippen LogP contribution in [-0.2, 0) is 4.74 Å². The second kappa shape index (κ2) is 9.27. The molecule has 1 aliphatic heterocycles. The van der Waals surface area contributed by atoms with E-state index in [1.165, 1.54) is 12.8 Å². The van der Waals surface area contributed by atoms with Crippen molar-refractivity contribution in [2.75, 3.05) is 32.1 Å². The molecule has 1 heterocycles. The zero-order valence-electron chi connectivity index (χ0n) is 14.5. The second-order valence-electron chi connectivity index (χ2n) is 6.24. The van der Waals surface area contributed by atoms with Crippen LogP contribution < -0.4 is 10.6 Å². The maximum Gasteiger partial charge on any atom is 0.319 e. The SMILES string of the molecule is COCC(C)NC(=O)Nc1ccc(C(=O)N2CCCCCC2)cc1. The van der Waals surface area contributed by atoms with E-state index in [1.807, 2.05) is 11.8 Å². The fourth-order valence-corrected chi connectivity index (χ4v) is 2.84. The Labute approximate surface area is 143 Å². The van der Waals surface area contributed by atoms with Gasteiger partial charge in [-0.1, -0.05) is 12.8 Å². The van der Waals surface area contributed by atoms with E-state index in [9.17, 15) is 9.59 Å². The van der Waals surface area contributed by atoms with Crippen LogP contribution in [0.4, 0.5) is 10.5 Å². The lowest BCUT2D eigenvalue weighted by Crippen LogP contribution is -2.38. The van der Waals surface area contributed by atoms with Crippen LogP contribution in [0.2, 0.25) is 0 Å². The second-order valence-corrected chi connectivity index (χ2v) is 6.24. The number of rotatable bonds is 5. The largest absolute Gasteiger partial charge is 0.383 e. The van der Waals surface area contributed by atoms with Gasteiger partial charge in [-0.3, -0.25) is 4.79 Å². The average molecular weight is 333 g/mol. The fourth-order valence-electron chi connectivity index (χ4n) is 2.84. The Morgan fingerprint density at radius 2 is 1.75 bits per heavy atom. The molecular formula is C18H27N3O3. The summed E-state index contributed by atoms with van der Waals surface area (Å²) in [6.07, 6.45) is 4.54. The predicted octanol–water partition coefficient (Wildman–Crippen LogP) is 2.86. The summed E-state index contributed by atoms with van der Waals surface area (Å²) < 4.78 is 4.98. The van der Waals surface area contributed by atoms with Gasteiger partial charge in [0.25, 0.3) is 5.91 Å². The molecule has 24 heavy (non-hydrogen) atoms. The lowest BCUT2D eigenvalue weighted by atomic mass is 10.1. The van der Waals surface area contributed by atoms with Crippen LogP contribution in [0.5, 0.6) is 0 Å². The van der Waals surface area contributed by atoms with Crippen LogP contribution in [0, 0.1) is 0 Å². The molecule has 1 aliphatic rings. The first-order chi connectivity index (χ1) is 11.6. The van der Waals surface area contributed by atoms with Crippen molar-refractivity contribution < 1.29 is 14.3 Å². The lowest BCUT2D eigenvalue weighted by molar-refractivity contribution is 0.0761. The summed E-state index contributed by atoms with van der Waals surface area (Å²) >= 11 is 0. The highest BCUT2D eigenvalue weighted by Crippen LogP contribution is 2.15. The van der Waals surface area contributed by atoms with Gasteiger partial charge in [-0.15, -0.1) is 0 Å². The minimum Gasteiger partial charge on any atom is -0.383 e. The molecule has 0 aliphatic carbocycles. The summed E-state index contributed by atoms with van der Waals surface area (Å²) in [6.45, 7) is 3.99. The number of amides is 3. The van der Waals surface area contributed by atoms with E-state index >= 15 is 0 Å². The van der Waals surface area contributed by atoms with Crippen molar-refractivity contribution in [2.45, 2.75) is 38.6 Å². The third kappa shape index (κ3) is 5.53. The third-order valence-corrected chi connectivity index (χ3v) is 4.08. The molecule has 1 unspecified atom stereocenters. The van der Waals surface area contributed by atoms with Crippen molar-refractivity contribution in [1.29, 1.82) is 0 Å². The number of nitrogens with zero attached hydrogens (tertiary/aromatic N) is 1. The Balaban J connectivity index is 1.90. The summed E-state index contributed by atoms with van der Waals surface area (Å²) in [5.74, 6) is 0.0709. The molecule has 0 bridgehead atoms. The van der Waals surface area contributed by atoms with E-state index in [1.54, 1.807) is 31.4 Å². The molecule has 1 atom stereocenters. The monoisotopic (exact) mass is 333 g/mol. The number of benzene rings is 1. The Morgan fingerprint density at radius 1 is 1.12 bits per heavy atom. The van der Waals surface area contributed by atoms with Crippen molar-refractivity contribution >= 4 is 17.6 Å². The molecule has 6 nitrogen and oxygen atoms in total. The van der Waals surface area contributed by atoms with Gasteiger partial charge in [0, 0.05) is 31.5 Å². The molecule has 0 radical (unpaired) electrons. The number of ether oxygens (including phenoxy) is 1. The van der Waals surface area contributed by atoms with E-state index < -0.39 is 0 Å². The maximum atomic E-state index is 12.5. The van der Waals surface area contributed by atoms with Gasteiger partial charge >= 0.3 is 6.03 Å². The molecule has 6 heteroatoms. The van der Waals surface area contributed by atoms with Gasteiger partial charge in [0.2, 0.25) is 0 Å². The van der Waals surface area contributed by atoms with E-state index in [0.29, 0.717) is 17.9 Å². The Morgan fingerprint density at radius 3 is 2.33 bits per heavy atom. The number of carbonyl (C=O) groups excluding carboxylic acids is 2. The first-order valence-electron chi connectivity index (χ1n) is 8.56.